The van der Waals surface area contributed by atoms with Gasteiger partial charge in [0.05, 0.1) is 5.56 Å². The number of anilines is 1. The molecular weight excluding hydrogens is 380 g/mol. The summed E-state index contributed by atoms with van der Waals surface area (Å²) in [6.45, 7) is 1.67. The van der Waals surface area contributed by atoms with E-state index < -0.39 is 0 Å². The molecule has 2 aromatic carbocycles. The smallest absolute Gasteiger partial charge is 0.256 e. The molecule has 25 heavy (non-hydrogen) atoms. The maximum Gasteiger partial charge on any atom is 0.256 e. The SMILES string of the molecule is O=C(Nc1ccc(C(=O)N2CCCCCC2)cc1)c1ccccc1Br. The van der Waals surface area contributed by atoms with Crippen LogP contribution in [0, 0.1) is 0 Å². The molecule has 0 saturated carbocycles. The Labute approximate surface area is 156 Å². The van der Waals surface area contributed by atoms with Crippen LogP contribution in [0.1, 0.15) is 46.4 Å². The lowest BCUT2D eigenvalue weighted by Gasteiger charge is -2.20. The Morgan fingerprint density at radius 2 is 1.52 bits per heavy atom. The molecule has 0 spiro atoms. The number of nitrogens with zero attached hydrogens (tertiary/aromatic N) is 1. The summed E-state index contributed by atoms with van der Waals surface area (Å²) in [6, 6.07) is 14.4. The van der Waals surface area contributed by atoms with E-state index in [2.05, 4.69) is 21.2 Å². The number of likely N-dealkylation sites (tertiary alicyclic amines) is 1. The number of carbonyl (C=O) groups is 2. The third-order valence-electron chi connectivity index (χ3n) is 4.40. The summed E-state index contributed by atoms with van der Waals surface area (Å²) in [5.41, 5.74) is 1.92. The maximum absolute atomic E-state index is 12.6. The first-order valence-electron chi connectivity index (χ1n) is 8.60. The van der Waals surface area contributed by atoms with Gasteiger partial charge >= 0.3 is 0 Å². The third kappa shape index (κ3) is 4.48. The molecule has 2 aromatic rings. The Bertz CT molecular complexity index is 751. The highest BCUT2D eigenvalue weighted by atomic mass is 79.9. The molecule has 0 bridgehead atoms. The molecule has 4 nitrogen and oxygen atoms in total. The van der Waals surface area contributed by atoms with Crippen molar-refractivity contribution in [2.75, 3.05) is 18.4 Å². The predicted molar refractivity (Wildman–Crippen MR) is 103 cm³/mol. The molecule has 0 unspecified atom stereocenters. The minimum Gasteiger partial charge on any atom is -0.339 e. The van der Waals surface area contributed by atoms with Gasteiger partial charge in [-0.15, -0.1) is 0 Å². The second-order valence-corrected chi connectivity index (χ2v) is 7.07. The number of benzene rings is 2. The summed E-state index contributed by atoms with van der Waals surface area (Å²) >= 11 is 3.38. The Hall–Kier alpha value is -2.14. The molecule has 5 heteroatoms. The van der Waals surface area contributed by atoms with Crippen LogP contribution < -0.4 is 5.32 Å². The Balaban J connectivity index is 1.66. The number of hydrogen-bond acceptors (Lipinski definition) is 2. The van der Waals surface area contributed by atoms with Crippen LogP contribution in [0.5, 0.6) is 0 Å². The van der Waals surface area contributed by atoms with E-state index in [0.717, 1.165) is 30.4 Å². The van der Waals surface area contributed by atoms with E-state index in [9.17, 15) is 9.59 Å². The van der Waals surface area contributed by atoms with Crippen molar-refractivity contribution in [3.05, 3.63) is 64.1 Å². The van der Waals surface area contributed by atoms with Gasteiger partial charge in [-0.2, -0.15) is 0 Å². The van der Waals surface area contributed by atoms with E-state index >= 15 is 0 Å². The van der Waals surface area contributed by atoms with Crippen molar-refractivity contribution in [3.63, 3.8) is 0 Å². The maximum atomic E-state index is 12.6. The second kappa shape index (κ2) is 8.30. The van der Waals surface area contributed by atoms with Crippen molar-refractivity contribution < 1.29 is 9.59 Å². The van der Waals surface area contributed by atoms with Crippen LogP contribution in [0.4, 0.5) is 5.69 Å². The van der Waals surface area contributed by atoms with E-state index in [1.165, 1.54) is 12.8 Å². The monoisotopic (exact) mass is 400 g/mol. The summed E-state index contributed by atoms with van der Waals surface area (Å²) in [5, 5.41) is 2.86. The fraction of sp³-hybridized carbons (Fsp3) is 0.300. The number of hydrogen-bond donors (Lipinski definition) is 1. The lowest BCUT2D eigenvalue weighted by molar-refractivity contribution is 0.0761. The highest BCUT2D eigenvalue weighted by molar-refractivity contribution is 9.10. The number of carbonyl (C=O) groups excluding carboxylic acids is 2. The molecular formula is C20H21BrN2O2. The zero-order chi connectivity index (χ0) is 17.6. The summed E-state index contributed by atoms with van der Waals surface area (Å²) in [4.78, 5) is 26.8. The first-order valence-corrected chi connectivity index (χ1v) is 9.40. The molecule has 0 aromatic heterocycles. The van der Waals surface area contributed by atoms with Crippen LogP contribution in [-0.2, 0) is 0 Å². The molecule has 1 saturated heterocycles. The van der Waals surface area contributed by atoms with E-state index in [0.29, 0.717) is 16.8 Å². The van der Waals surface area contributed by atoms with Crippen LogP contribution in [-0.4, -0.2) is 29.8 Å². The number of amides is 2. The van der Waals surface area contributed by atoms with Gasteiger partial charge in [0.15, 0.2) is 0 Å². The number of halogens is 1. The molecule has 1 N–H and O–H groups in total. The summed E-state index contributed by atoms with van der Waals surface area (Å²) in [6.07, 6.45) is 4.55. The van der Waals surface area contributed by atoms with Gasteiger partial charge in [0.2, 0.25) is 0 Å². The van der Waals surface area contributed by atoms with E-state index in [1.807, 2.05) is 23.1 Å². The number of rotatable bonds is 3. The lowest BCUT2D eigenvalue weighted by Crippen LogP contribution is -2.31. The fourth-order valence-corrected chi connectivity index (χ4v) is 3.46. The van der Waals surface area contributed by atoms with Crippen molar-refractivity contribution in [1.82, 2.24) is 4.90 Å². The standard InChI is InChI=1S/C20H21BrN2O2/c21-18-8-4-3-7-17(18)19(24)22-16-11-9-15(10-12-16)20(25)23-13-5-1-2-6-14-23/h3-4,7-12H,1-2,5-6,13-14H2,(H,22,24). The molecule has 3 rings (SSSR count). The van der Waals surface area contributed by atoms with E-state index in [1.54, 1.807) is 30.3 Å². The molecule has 0 atom stereocenters. The molecule has 130 valence electrons. The average Bonchev–Trinajstić information content (AvgIpc) is 2.91. The first-order chi connectivity index (χ1) is 12.1. The van der Waals surface area contributed by atoms with Crippen LogP contribution in [0.15, 0.2) is 53.0 Å². The van der Waals surface area contributed by atoms with Gasteiger partial charge in [0, 0.05) is 28.8 Å². The lowest BCUT2D eigenvalue weighted by atomic mass is 10.1. The molecule has 1 aliphatic rings. The van der Waals surface area contributed by atoms with E-state index in [-0.39, 0.29) is 11.8 Å². The summed E-state index contributed by atoms with van der Waals surface area (Å²) in [7, 11) is 0. The van der Waals surface area contributed by atoms with E-state index in [4.69, 9.17) is 0 Å². The molecule has 0 aliphatic carbocycles. The van der Waals surface area contributed by atoms with Gasteiger partial charge in [-0.05, 0) is 65.2 Å². The van der Waals surface area contributed by atoms with Crippen LogP contribution in [0.3, 0.4) is 0 Å². The van der Waals surface area contributed by atoms with Crippen molar-refractivity contribution in [2.24, 2.45) is 0 Å². The first kappa shape index (κ1) is 17.7. The van der Waals surface area contributed by atoms with Crippen molar-refractivity contribution in [2.45, 2.75) is 25.7 Å². The van der Waals surface area contributed by atoms with Crippen LogP contribution >= 0.6 is 15.9 Å². The zero-order valence-corrected chi connectivity index (χ0v) is 15.6. The molecule has 1 fully saturated rings. The Morgan fingerprint density at radius 3 is 2.16 bits per heavy atom. The van der Waals surface area contributed by atoms with Crippen LogP contribution in [0.2, 0.25) is 0 Å². The highest BCUT2D eigenvalue weighted by Gasteiger charge is 2.17. The van der Waals surface area contributed by atoms with Crippen LogP contribution in [0.25, 0.3) is 0 Å². The predicted octanol–water partition coefficient (Wildman–Crippen LogP) is 4.72. The van der Waals surface area contributed by atoms with Crippen molar-refractivity contribution in [3.8, 4) is 0 Å². The van der Waals surface area contributed by atoms with Gasteiger partial charge in [-0.1, -0.05) is 25.0 Å². The fourth-order valence-electron chi connectivity index (χ4n) is 3.00. The average molecular weight is 401 g/mol. The second-order valence-electron chi connectivity index (χ2n) is 6.22. The summed E-state index contributed by atoms with van der Waals surface area (Å²) < 4.78 is 0.750. The van der Waals surface area contributed by atoms with Gasteiger partial charge in [0.1, 0.15) is 0 Å². The highest BCUT2D eigenvalue weighted by Crippen LogP contribution is 2.19. The largest absolute Gasteiger partial charge is 0.339 e. The normalized spacial score (nSPS) is 14.7. The summed E-state index contributed by atoms with van der Waals surface area (Å²) in [5.74, 6) is -0.107. The topological polar surface area (TPSA) is 49.4 Å². The van der Waals surface area contributed by atoms with Gasteiger partial charge in [-0.3, -0.25) is 9.59 Å². The van der Waals surface area contributed by atoms with Gasteiger partial charge in [-0.25, -0.2) is 0 Å². The van der Waals surface area contributed by atoms with Gasteiger partial charge < -0.3 is 10.2 Å². The molecule has 0 radical (unpaired) electrons. The number of nitrogens with one attached hydrogen (secondary N) is 1. The van der Waals surface area contributed by atoms with Crippen molar-refractivity contribution in [1.29, 1.82) is 0 Å². The van der Waals surface area contributed by atoms with Gasteiger partial charge in [0.25, 0.3) is 11.8 Å². The molecule has 2 amide bonds. The minimum absolute atomic E-state index is 0.0746. The molecule has 1 aliphatic heterocycles. The Kier molecular flexibility index (Phi) is 5.87. The minimum atomic E-state index is -0.181. The molecule has 1 heterocycles. The Morgan fingerprint density at radius 1 is 0.880 bits per heavy atom. The zero-order valence-electron chi connectivity index (χ0n) is 14.0. The quantitative estimate of drug-likeness (QED) is 0.809. The van der Waals surface area contributed by atoms with Crippen molar-refractivity contribution >= 4 is 33.4 Å². The third-order valence-corrected chi connectivity index (χ3v) is 5.09.